The van der Waals surface area contributed by atoms with Crippen LogP contribution in [0.1, 0.15) is 32.8 Å². The van der Waals surface area contributed by atoms with Gasteiger partial charge in [-0.1, -0.05) is 0 Å². The van der Waals surface area contributed by atoms with Crippen LogP contribution in [0.3, 0.4) is 0 Å². The highest BCUT2D eigenvalue weighted by Gasteiger charge is 2.41. The van der Waals surface area contributed by atoms with Crippen LogP contribution in [0, 0.1) is 5.92 Å². The van der Waals surface area contributed by atoms with Crippen molar-refractivity contribution in [2.75, 3.05) is 6.54 Å². The van der Waals surface area contributed by atoms with Gasteiger partial charge in [-0.25, -0.2) is 9.59 Å². The molecule has 1 N–H and O–H groups in total. The fourth-order valence-electron chi connectivity index (χ4n) is 2.57. The number of aliphatic carboxylic acids is 1. The van der Waals surface area contributed by atoms with Crippen molar-refractivity contribution in [3.05, 3.63) is 22.4 Å². The molecule has 0 radical (unpaired) electrons. The second-order valence-corrected chi connectivity index (χ2v) is 7.20. The number of hydrogen-bond acceptors (Lipinski definition) is 4. The van der Waals surface area contributed by atoms with Crippen molar-refractivity contribution in [1.29, 1.82) is 0 Å². The summed E-state index contributed by atoms with van der Waals surface area (Å²) in [6, 6.07) is 1.25. The molecule has 0 spiro atoms. The topological polar surface area (TPSA) is 66.8 Å². The summed E-state index contributed by atoms with van der Waals surface area (Å²) >= 11 is 1.62. The van der Waals surface area contributed by atoms with E-state index in [4.69, 9.17) is 4.74 Å². The van der Waals surface area contributed by atoms with Crippen LogP contribution in [0.2, 0.25) is 0 Å². The normalized spacial score (nSPS) is 22.3. The lowest BCUT2D eigenvalue weighted by atomic mass is 9.98. The summed E-state index contributed by atoms with van der Waals surface area (Å²) in [6.07, 6.45) is 0.736. The van der Waals surface area contributed by atoms with Gasteiger partial charge in [-0.3, -0.25) is 4.90 Å². The molecular weight excluding hydrogens is 290 g/mol. The zero-order valence-corrected chi connectivity index (χ0v) is 13.4. The molecule has 1 aliphatic rings. The van der Waals surface area contributed by atoms with Crippen LogP contribution in [-0.4, -0.2) is 40.3 Å². The van der Waals surface area contributed by atoms with Crippen LogP contribution in [0.15, 0.2) is 16.8 Å². The Kier molecular flexibility index (Phi) is 4.56. The molecule has 2 atom stereocenters. The zero-order valence-electron chi connectivity index (χ0n) is 12.5. The van der Waals surface area contributed by atoms with E-state index < -0.39 is 23.7 Å². The lowest BCUT2D eigenvalue weighted by Crippen LogP contribution is -2.43. The van der Waals surface area contributed by atoms with E-state index in [1.165, 1.54) is 10.5 Å². The summed E-state index contributed by atoms with van der Waals surface area (Å²) in [7, 11) is 0. The maximum Gasteiger partial charge on any atom is 0.411 e. The molecule has 0 aliphatic carbocycles. The summed E-state index contributed by atoms with van der Waals surface area (Å²) in [5.41, 5.74) is 0.575. The number of carbonyl (C=O) groups is 2. The summed E-state index contributed by atoms with van der Waals surface area (Å²) in [6.45, 7) is 5.76. The van der Waals surface area contributed by atoms with Gasteiger partial charge in [0.25, 0.3) is 0 Å². The van der Waals surface area contributed by atoms with Crippen LogP contribution in [0.5, 0.6) is 0 Å². The average Bonchev–Trinajstić information content (AvgIpc) is 2.96. The third-order valence-electron chi connectivity index (χ3n) is 3.41. The van der Waals surface area contributed by atoms with Crippen molar-refractivity contribution in [1.82, 2.24) is 4.90 Å². The van der Waals surface area contributed by atoms with Gasteiger partial charge in [0.2, 0.25) is 0 Å². The smallest absolute Gasteiger partial charge is 0.411 e. The number of carbonyl (C=O) groups excluding carboxylic acids is 1. The average molecular weight is 311 g/mol. The van der Waals surface area contributed by atoms with Gasteiger partial charge in [0, 0.05) is 6.54 Å². The number of amides is 1. The summed E-state index contributed by atoms with van der Waals surface area (Å²) in [5, 5.41) is 13.4. The van der Waals surface area contributed by atoms with Crippen molar-refractivity contribution in [2.45, 2.75) is 45.3 Å². The minimum Gasteiger partial charge on any atom is -0.480 e. The predicted octanol–water partition coefficient (Wildman–Crippen LogP) is 3.00. The third-order valence-corrected chi connectivity index (χ3v) is 4.14. The molecular formula is C15H21NO4S. The molecule has 1 fully saturated rings. The van der Waals surface area contributed by atoms with E-state index >= 15 is 0 Å². The number of ether oxygens (including phenoxy) is 1. The Labute approximate surface area is 128 Å². The lowest BCUT2D eigenvalue weighted by molar-refractivity contribution is -0.142. The summed E-state index contributed by atoms with van der Waals surface area (Å²) in [5.74, 6) is -0.804. The quantitative estimate of drug-likeness (QED) is 0.932. The van der Waals surface area contributed by atoms with E-state index in [-0.39, 0.29) is 5.92 Å². The first kappa shape index (κ1) is 15.8. The molecule has 0 aromatic carbocycles. The molecule has 2 rings (SSSR count). The first-order chi connectivity index (χ1) is 9.76. The van der Waals surface area contributed by atoms with Gasteiger partial charge < -0.3 is 9.84 Å². The predicted molar refractivity (Wildman–Crippen MR) is 80.5 cm³/mol. The van der Waals surface area contributed by atoms with E-state index in [0.29, 0.717) is 13.0 Å². The standard InChI is InChI=1S/C15H21NO4S/c1-15(2,3)20-14(19)16-8-11(7-12(16)13(17)18)6-10-4-5-21-9-10/h4-5,9,11-12H,6-8H2,1-3H3,(H,17,18)/t11-,12+/m1/s1. The lowest BCUT2D eigenvalue weighted by Gasteiger charge is -2.26. The van der Waals surface area contributed by atoms with E-state index in [2.05, 4.69) is 5.38 Å². The monoisotopic (exact) mass is 311 g/mol. The molecule has 116 valence electrons. The van der Waals surface area contributed by atoms with Crippen LogP contribution < -0.4 is 0 Å². The molecule has 6 heteroatoms. The van der Waals surface area contributed by atoms with Crippen LogP contribution in [0.25, 0.3) is 0 Å². The fraction of sp³-hybridized carbons (Fsp3) is 0.600. The Morgan fingerprint density at radius 1 is 1.48 bits per heavy atom. The molecule has 0 saturated carbocycles. The maximum absolute atomic E-state index is 12.2. The highest BCUT2D eigenvalue weighted by atomic mass is 32.1. The maximum atomic E-state index is 12.2. The first-order valence-electron chi connectivity index (χ1n) is 7.00. The molecule has 1 amide bonds. The molecule has 1 aromatic heterocycles. The molecule has 2 heterocycles. The molecule has 0 unspecified atom stereocenters. The Morgan fingerprint density at radius 3 is 2.71 bits per heavy atom. The van der Waals surface area contributed by atoms with E-state index in [9.17, 15) is 14.7 Å². The second-order valence-electron chi connectivity index (χ2n) is 6.42. The van der Waals surface area contributed by atoms with Crippen molar-refractivity contribution in [2.24, 2.45) is 5.92 Å². The number of thiophene rings is 1. The number of rotatable bonds is 3. The zero-order chi connectivity index (χ0) is 15.6. The van der Waals surface area contributed by atoms with Gasteiger partial charge in [-0.2, -0.15) is 11.3 Å². The van der Waals surface area contributed by atoms with E-state index in [1.54, 1.807) is 32.1 Å². The van der Waals surface area contributed by atoms with Crippen molar-refractivity contribution < 1.29 is 19.4 Å². The SMILES string of the molecule is CC(C)(C)OC(=O)N1C[C@H](Cc2ccsc2)C[C@H]1C(=O)O. The first-order valence-corrected chi connectivity index (χ1v) is 7.94. The number of carboxylic acids is 1. The van der Waals surface area contributed by atoms with Crippen molar-refractivity contribution >= 4 is 23.4 Å². The Bertz CT molecular complexity index is 506. The fourth-order valence-corrected chi connectivity index (χ4v) is 3.25. The molecule has 21 heavy (non-hydrogen) atoms. The minimum absolute atomic E-state index is 0.160. The molecule has 1 saturated heterocycles. The number of likely N-dealkylation sites (tertiary alicyclic amines) is 1. The summed E-state index contributed by atoms with van der Waals surface area (Å²) in [4.78, 5) is 24.9. The van der Waals surface area contributed by atoms with Crippen molar-refractivity contribution in [3.8, 4) is 0 Å². The molecule has 1 aliphatic heterocycles. The van der Waals surface area contributed by atoms with Gasteiger partial charge in [0.05, 0.1) is 0 Å². The van der Waals surface area contributed by atoms with Gasteiger partial charge in [0.1, 0.15) is 11.6 Å². The number of hydrogen-bond donors (Lipinski definition) is 1. The number of nitrogens with zero attached hydrogens (tertiary/aromatic N) is 1. The third kappa shape index (κ3) is 4.20. The van der Waals surface area contributed by atoms with Crippen molar-refractivity contribution in [3.63, 3.8) is 0 Å². The Balaban J connectivity index is 2.05. The van der Waals surface area contributed by atoms with E-state index in [0.717, 1.165) is 6.42 Å². The van der Waals surface area contributed by atoms with Gasteiger partial charge >= 0.3 is 12.1 Å². The largest absolute Gasteiger partial charge is 0.480 e. The molecule has 5 nitrogen and oxygen atoms in total. The number of carboxylic acid groups (broad SMARTS) is 1. The molecule has 0 bridgehead atoms. The Morgan fingerprint density at radius 2 is 2.19 bits per heavy atom. The highest BCUT2D eigenvalue weighted by Crippen LogP contribution is 2.28. The van der Waals surface area contributed by atoms with Crippen LogP contribution in [-0.2, 0) is 16.0 Å². The second kappa shape index (κ2) is 6.05. The Hall–Kier alpha value is -1.56. The summed E-state index contributed by atoms with van der Waals surface area (Å²) < 4.78 is 5.31. The van der Waals surface area contributed by atoms with Crippen LogP contribution in [0.4, 0.5) is 4.79 Å². The van der Waals surface area contributed by atoms with Gasteiger partial charge in [-0.15, -0.1) is 0 Å². The van der Waals surface area contributed by atoms with Gasteiger partial charge in [-0.05, 0) is 61.9 Å². The highest BCUT2D eigenvalue weighted by molar-refractivity contribution is 7.07. The minimum atomic E-state index is -0.964. The van der Waals surface area contributed by atoms with Crippen LogP contribution >= 0.6 is 11.3 Å². The molecule has 1 aromatic rings. The van der Waals surface area contributed by atoms with Gasteiger partial charge in [0.15, 0.2) is 0 Å². The van der Waals surface area contributed by atoms with E-state index in [1.807, 2.05) is 11.4 Å².